The molecule has 0 spiro atoms. The Hall–Kier alpha value is -1.69. The molecule has 0 aromatic heterocycles. The molecule has 0 saturated carbocycles. The minimum atomic E-state index is -0.614. The number of carbonyl (C=O) groups excluding carboxylic acids is 3. The second kappa shape index (κ2) is 5.97. The average molecular weight is 325 g/mol. The minimum absolute atomic E-state index is 0.206. The van der Waals surface area contributed by atoms with Gasteiger partial charge in [0, 0.05) is 10.9 Å². The molecule has 1 saturated heterocycles. The van der Waals surface area contributed by atoms with Gasteiger partial charge in [0.05, 0.1) is 6.42 Å². The largest absolute Gasteiger partial charge is 0.344 e. The number of carbonyl (C=O) groups is 3. The number of hydrogen-bond donors (Lipinski definition) is 2. The van der Waals surface area contributed by atoms with Crippen molar-refractivity contribution in [2.75, 3.05) is 0 Å². The summed E-state index contributed by atoms with van der Waals surface area (Å²) in [7, 11) is 0. The predicted molar refractivity (Wildman–Crippen MR) is 72.2 cm³/mol. The Labute approximate surface area is 118 Å². The lowest BCUT2D eigenvalue weighted by molar-refractivity contribution is -0.137. The van der Waals surface area contributed by atoms with Gasteiger partial charge in [-0.2, -0.15) is 0 Å². The van der Waals surface area contributed by atoms with E-state index in [2.05, 4.69) is 26.6 Å². The molecule has 1 aromatic carbocycles. The van der Waals surface area contributed by atoms with Crippen LogP contribution in [0.15, 0.2) is 28.7 Å². The molecule has 1 heterocycles. The van der Waals surface area contributed by atoms with E-state index < -0.39 is 11.9 Å². The van der Waals surface area contributed by atoms with Crippen molar-refractivity contribution in [3.8, 4) is 0 Å². The molecule has 0 radical (unpaired) electrons. The van der Waals surface area contributed by atoms with E-state index in [0.29, 0.717) is 6.42 Å². The van der Waals surface area contributed by atoms with E-state index in [9.17, 15) is 14.4 Å². The summed E-state index contributed by atoms with van der Waals surface area (Å²) in [6.07, 6.45) is 0.819. The van der Waals surface area contributed by atoms with Crippen LogP contribution in [0.2, 0.25) is 0 Å². The maximum atomic E-state index is 11.8. The molecule has 100 valence electrons. The number of hydrogen-bond acceptors (Lipinski definition) is 3. The van der Waals surface area contributed by atoms with Crippen molar-refractivity contribution in [1.82, 2.24) is 10.6 Å². The van der Waals surface area contributed by atoms with Crippen molar-refractivity contribution in [3.05, 3.63) is 34.3 Å². The third kappa shape index (κ3) is 3.89. The molecule has 1 unspecified atom stereocenters. The van der Waals surface area contributed by atoms with E-state index in [1.807, 2.05) is 24.3 Å². The van der Waals surface area contributed by atoms with Gasteiger partial charge in [0.2, 0.25) is 17.7 Å². The van der Waals surface area contributed by atoms with Crippen LogP contribution in [-0.4, -0.2) is 23.8 Å². The highest BCUT2D eigenvalue weighted by atomic mass is 79.9. The quantitative estimate of drug-likeness (QED) is 0.812. The first-order valence-corrected chi connectivity index (χ1v) is 6.71. The summed E-state index contributed by atoms with van der Waals surface area (Å²) in [6, 6.07) is 6.80. The zero-order valence-electron chi connectivity index (χ0n) is 10.1. The first kappa shape index (κ1) is 13.7. The Balaban J connectivity index is 1.91. The number of rotatable bonds is 3. The fourth-order valence-electron chi connectivity index (χ4n) is 1.91. The molecule has 3 amide bonds. The molecular formula is C13H13BrN2O3. The number of benzene rings is 1. The van der Waals surface area contributed by atoms with Crippen LogP contribution in [0.4, 0.5) is 0 Å². The maximum Gasteiger partial charge on any atom is 0.249 e. The van der Waals surface area contributed by atoms with Crippen molar-refractivity contribution >= 4 is 33.7 Å². The molecule has 5 nitrogen and oxygen atoms in total. The molecule has 1 atom stereocenters. The standard InChI is InChI=1S/C13H13BrN2O3/c14-9-3-1-2-8(6-9)7-12(18)15-10-4-5-11(17)16-13(10)19/h1-3,6,10H,4-5,7H2,(H,15,18)(H,16,17,19). The van der Waals surface area contributed by atoms with Crippen LogP contribution >= 0.6 is 15.9 Å². The highest BCUT2D eigenvalue weighted by molar-refractivity contribution is 9.10. The number of nitrogens with one attached hydrogen (secondary N) is 2. The lowest BCUT2D eigenvalue weighted by atomic mass is 10.1. The summed E-state index contributed by atoms with van der Waals surface area (Å²) in [4.78, 5) is 34.3. The third-order valence-corrected chi connectivity index (χ3v) is 3.32. The lowest BCUT2D eigenvalue weighted by Crippen LogP contribution is -2.52. The molecule has 6 heteroatoms. The summed E-state index contributed by atoms with van der Waals surface area (Å²) in [5.41, 5.74) is 0.860. The van der Waals surface area contributed by atoms with Crippen molar-refractivity contribution in [1.29, 1.82) is 0 Å². The number of halogens is 1. The van der Waals surface area contributed by atoms with Crippen LogP contribution in [0.3, 0.4) is 0 Å². The molecule has 0 aliphatic carbocycles. The van der Waals surface area contributed by atoms with Gasteiger partial charge in [-0.05, 0) is 24.1 Å². The lowest BCUT2D eigenvalue weighted by Gasteiger charge is -2.21. The van der Waals surface area contributed by atoms with Gasteiger partial charge in [-0.3, -0.25) is 19.7 Å². The summed E-state index contributed by atoms with van der Waals surface area (Å²) in [5, 5.41) is 4.85. The first-order chi connectivity index (χ1) is 9.04. The fourth-order valence-corrected chi connectivity index (χ4v) is 2.36. The highest BCUT2D eigenvalue weighted by Gasteiger charge is 2.27. The zero-order chi connectivity index (χ0) is 13.8. The third-order valence-electron chi connectivity index (χ3n) is 2.83. The normalized spacial score (nSPS) is 18.9. The van der Waals surface area contributed by atoms with Gasteiger partial charge in [-0.1, -0.05) is 28.1 Å². The van der Waals surface area contributed by atoms with Gasteiger partial charge in [0.25, 0.3) is 0 Å². The van der Waals surface area contributed by atoms with Gasteiger partial charge in [0.1, 0.15) is 6.04 Å². The second-order valence-electron chi connectivity index (χ2n) is 4.38. The molecular weight excluding hydrogens is 312 g/mol. The van der Waals surface area contributed by atoms with E-state index >= 15 is 0 Å². The molecule has 19 heavy (non-hydrogen) atoms. The van der Waals surface area contributed by atoms with E-state index in [4.69, 9.17) is 0 Å². The molecule has 2 N–H and O–H groups in total. The minimum Gasteiger partial charge on any atom is -0.344 e. The Morgan fingerprint density at radius 2 is 2.21 bits per heavy atom. The molecule has 1 fully saturated rings. The van der Waals surface area contributed by atoms with E-state index in [1.54, 1.807) is 0 Å². The van der Waals surface area contributed by atoms with Crippen molar-refractivity contribution in [2.24, 2.45) is 0 Å². The Bertz CT molecular complexity index is 530. The Morgan fingerprint density at radius 3 is 2.89 bits per heavy atom. The SMILES string of the molecule is O=C1CCC(NC(=O)Cc2cccc(Br)c2)C(=O)N1. The summed E-state index contributed by atoms with van der Waals surface area (Å²) in [5.74, 6) is -0.950. The highest BCUT2D eigenvalue weighted by Crippen LogP contribution is 2.12. The molecule has 0 bridgehead atoms. The number of piperidine rings is 1. The van der Waals surface area contributed by atoms with Crippen molar-refractivity contribution in [2.45, 2.75) is 25.3 Å². The number of amides is 3. The zero-order valence-corrected chi connectivity index (χ0v) is 11.7. The van der Waals surface area contributed by atoms with Crippen LogP contribution in [0.5, 0.6) is 0 Å². The Morgan fingerprint density at radius 1 is 1.42 bits per heavy atom. The van der Waals surface area contributed by atoms with E-state index in [-0.39, 0.29) is 24.7 Å². The first-order valence-electron chi connectivity index (χ1n) is 5.92. The maximum absolute atomic E-state index is 11.8. The molecule has 1 aliphatic rings. The summed E-state index contributed by atoms with van der Waals surface area (Å²) < 4.78 is 0.902. The van der Waals surface area contributed by atoms with Gasteiger partial charge >= 0.3 is 0 Å². The topological polar surface area (TPSA) is 75.3 Å². The fraction of sp³-hybridized carbons (Fsp3) is 0.308. The molecule has 1 aromatic rings. The molecule has 1 aliphatic heterocycles. The smallest absolute Gasteiger partial charge is 0.249 e. The molecule has 2 rings (SSSR count). The van der Waals surface area contributed by atoms with Crippen LogP contribution in [0.1, 0.15) is 18.4 Å². The van der Waals surface area contributed by atoms with Crippen LogP contribution in [0.25, 0.3) is 0 Å². The van der Waals surface area contributed by atoms with Gasteiger partial charge < -0.3 is 5.32 Å². The summed E-state index contributed by atoms with van der Waals surface area (Å²) >= 11 is 3.33. The van der Waals surface area contributed by atoms with Crippen LogP contribution < -0.4 is 10.6 Å². The van der Waals surface area contributed by atoms with Crippen molar-refractivity contribution < 1.29 is 14.4 Å². The average Bonchev–Trinajstić information content (AvgIpc) is 2.33. The monoisotopic (exact) mass is 324 g/mol. The van der Waals surface area contributed by atoms with Gasteiger partial charge in [-0.15, -0.1) is 0 Å². The summed E-state index contributed by atoms with van der Waals surface area (Å²) in [6.45, 7) is 0. The van der Waals surface area contributed by atoms with Crippen molar-refractivity contribution in [3.63, 3.8) is 0 Å². The van der Waals surface area contributed by atoms with Gasteiger partial charge in [-0.25, -0.2) is 0 Å². The Kier molecular flexibility index (Phi) is 4.31. The second-order valence-corrected chi connectivity index (χ2v) is 5.29. The number of imide groups is 1. The van der Waals surface area contributed by atoms with Crippen LogP contribution in [-0.2, 0) is 20.8 Å². The van der Waals surface area contributed by atoms with E-state index in [0.717, 1.165) is 10.0 Å². The van der Waals surface area contributed by atoms with E-state index in [1.165, 1.54) is 0 Å². The van der Waals surface area contributed by atoms with Gasteiger partial charge in [0.15, 0.2) is 0 Å². The predicted octanol–water partition coefficient (Wildman–Crippen LogP) is 0.913. The van der Waals surface area contributed by atoms with Crippen LogP contribution in [0, 0.1) is 0 Å².